The number of non-ortho nitro benzene ring substituents is 2. The van der Waals surface area contributed by atoms with Gasteiger partial charge in [-0.3, -0.25) is 58.3 Å². The van der Waals surface area contributed by atoms with Crippen LogP contribution in [0.2, 0.25) is 0 Å². The number of nitro benzene ring substituents is 2. The molecule has 4 aromatic rings. The maximum atomic E-state index is 13.7. The van der Waals surface area contributed by atoms with E-state index in [1.54, 1.807) is 0 Å². The highest BCUT2D eigenvalue weighted by Crippen LogP contribution is 2.36. The Morgan fingerprint density at radius 2 is 1.05 bits per heavy atom. The standard InChI is InChI=1S/C34H32N6O14S2/c1-18(37-30(41)24-7-3-5-20-9-22(39(45)46)11-26(28(20)24)32(37)43)13-35-15-34(16-55(49,50)51,17-56(52,53)54)36-14-19(2)38-31(42)25-8-4-6-21-10-23(40(47)48)12-27(29(21)25)33(38)44/h3-12,18-19,35-36H,13-17H2,1-2H3,(H,49,50,51)(H,52,53,54)/t18-,19-/m1/s1. The van der Waals surface area contributed by atoms with Crippen molar-refractivity contribution >= 4 is 76.8 Å². The summed E-state index contributed by atoms with van der Waals surface area (Å²) in [6.45, 7) is 1.21. The third-order valence-electron chi connectivity index (χ3n) is 9.62. The van der Waals surface area contributed by atoms with Gasteiger partial charge in [0, 0.05) is 77.9 Å². The summed E-state index contributed by atoms with van der Waals surface area (Å²) in [4.78, 5) is 78.0. The molecule has 0 spiro atoms. The summed E-state index contributed by atoms with van der Waals surface area (Å²) in [7, 11) is -10.1. The van der Waals surface area contributed by atoms with Gasteiger partial charge in [-0.05, 0) is 36.8 Å². The number of carbonyl (C=O) groups is 4. The van der Waals surface area contributed by atoms with Crippen LogP contribution in [0.1, 0.15) is 55.3 Å². The van der Waals surface area contributed by atoms with Crippen molar-refractivity contribution in [3.8, 4) is 0 Å². The summed E-state index contributed by atoms with van der Waals surface area (Å²) >= 11 is 0. The van der Waals surface area contributed by atoms with Crippen LogP contribution >= 0.6 is 0 Å². The van der Waals surface area contributed by atoms with E-state index in [2.05, 4.69) is 10.6 Å². The van der Waals surface area contributed by atoms with Crippen LogP contribution in [0.15, 0.2) is 60.7 Å². The molecule has 0 saturated heterocycles. The molecule has 2 aliphatic rings. The van der Waals surface area contributed by atoms with Gasteiger partial charge in [-0.2, -0.15) is 16.8 Å². The molecule has 4 amide bonds. The molecule has 2 aliphatic heterocycles. The third-order valence-corrected chi connectivity index (χ3v) is 11.5. The van der Waals surface area contributed by atoms with E-state index < -0.39 is 107 Å². The Kier molecular flexibility index (Phi) is 10.2. The SMILES string of the molecule is C[C@H](CNCC(CS(=O)(=O)O)(CS(=O)(=O)O)NC[C@@H](C)N1C(=O)c2cccc3cc([N+](=O)[O-])cc(c23)C1=O)N1C(=O)c2cccc3cc([N+](=O)[O-])cc(c23)C1=O. The summed E-state index contributed by atoms with van der Waals surface area (Å²) in [6.07, 6.45) is 0. The summed E-state index contributed by atoms with van der Waals surface area (Å²) in [5, 5.41) is 29.6. The Bertz CT molecular complexity index is 2600. The number of benzene rings is 4. The lowest BCUT2D eigenvalue weighted by molar-refractivity contribution is -0.384. The molecule has 4 aromatic carbocycles. The fourth-order valence-electron chi connectivity index (χ4n) is 7.31. The van der Waals surface area contributed by atoms with E-state index in [9.17, 15) is 65.3 Å². The third kappa shape index (κ3) is 7.56. The number of hydrogen-bond donors (Lipinski definition) is 4. The molecule has 4 N–H and O–H groups in total. The molecule has 0 unspecified atom stereocenters. The molecular formula is C34H32N6O14S2. The van der Waals surface area contributed by atoms with E-state index in [4.69, 9.17) is 0 Å². The molecule has 294 valence electrons. The summed E-state index contributed by atoms with van der Waals surface area (Å²) in [6, 6.07) is 11.0. The Labute approximate surface area is 317 Å². The Balaban J connectivity index is 1.26. The highest BCUT2D eigenvalue weighted by Gasteiger charge is 2.43. The molecule has 0 aliphatic carbocycles. The molecule has 2 atom stereocenters. The average Bonchev–Trinajstić information content (AvgIpc) is 3.10. The van der Waals surface area contributed by atoms with E-state index in [-0.39, 0.29) is 50.3 Å². The van der Waals surface area contributed by atoms with E-state index in [0.717, 1.165) is 21.9 Å². The Hall–Kier alpha value is -5.78. The van der Waals surface area contributed by atoms with Crippen molar-refractivity contribution in [1.29, 1.82) is 0 Å². The lowest BCUT2D eigenvalue weighted by Crippen LogP contribution is -2.64. The number of nitrogens with one attached hydrogen (secondary N) is 2. The van der Waals surface area contributed by atoms with Crippen LogP contribution in [0.25, 0.3) is 21.5 Å². The van der Waals surface area contributed by atoms with Crippen LogP contribution < -0.4 is 10.6 Å². The maximum absolute atomic E-state index is 13.7. The average molecular weight is 813 g/mol. The van der Waals surface area contributed by atoms with Crippen LogP contribution in [0.4, 0.5) is 11.4 Å². The number of rotatable bonds is 15. The molecule has 0 saturated carbocycles. The number of imide groups is 2. The van der Waals surface area contributed by atoms with Gasteiger partial charge in [-0.15, -0.1) is 0 Å². The number of nitrogens with zero attached hydrogens (tertiary/aromatic N) is 4. The summed E-state index contributed by atoms with van der Waals surface area (Å²) in [5.41, 5.74) is -3.27. The Morgan fingerprint density at radius 1 is 0.661 bits per heavy atom. The summed E-state index contributed by atoms with van der Waals surface area (Å²) < 4.78 is 69.1. The van der Waals surface area contributed by atoms with Gasteiger partial charge in [0.25, 0.3) is 55.2 Å². The molecule has 0 bridgehead atoms. The molecule has 6 rings (SSSR count). The summed E-state index contributed by atoms with van der Waals surface area (Å²) in [5.74, 6) is -6.04. The second kappa shape index (κ2) is 14.4. The minimum atomic E-state index is -5.05. The van der Waals surface area contributed by atoms with Gasteiger partial charge in [0.15, 0.2) is 0 Å². The number of carbonyl (C=O) groups excluding carboxylic acids is 4. The maximum Gasteiger partial charge on any atom is 0.270 e. The van der Waals surface area contributed by atoms with E-state index in [0.29, 0.717) is 0 Å². The molecule has 22 heteroatoms. The first-order valence-electron chi connectivity index (χ1n) is 16.7. The predicted molar refractivity (Wildman–Crippen MR) is 198 cm³/mol. The van der Waals surface area contributed by atoms with Crippen LogP contribution in [0.5, 0.6) is 0 Å². The zero-order chi connectivity index (χ0) is 41.1. The minimum absolute atomic E-state index is 0.0342. The van der Waals surface area contributed by atoms with E-state index >= 15 is 0 Å². The molecule has 0 aromatic heterocycles. The van der Waals surface area contributed by atoms with Crippen LogP contribution in [0.3, 0.4) is 0 Å². The highest BCUT2D eigenvalue weighted by atomic mass is 32.2. The molecular weight excluding hydrogens is 781 g/mol. The van der Waals surface area contributed by atoms with E-state index in [1.165, 1.54) is 62.4 Å². The molecule has 0 radical (unpaired) electrons. The fourth-order valence-corrected chi connectivity index (χ4v) is 9.44. The molecule has 20 nitrogen and oxygen atoms in total. The van der Waals surface area contributed by atoms with Crippen molar-refractivity contribution < 1.29 is 55.0 Å². The van der Waals surface area contributed by atoms with Crippen molar-refractivity contribution in [2.24, 2.45) is 0 Å². The van der Waals surface area contributed by atoms with Gasteiger partial charge in [0.2, 0.25) is 0 Å². The Morgan fingerprint density at radius 3 is 1.45 bits per heavy atom. The van der Waals surface area contributed by atoms with E-state index in [1.807, 2.05) is 0 Å². The second-order valence-electron chi connectivity index (χ2n) is 13.7. The first-order chi connectivity index (χ1) is 26.1. The number of amides is 4. The van der Waals surface area contributed by atoms with Gasteiger partial charge >= 0.3 is 0 Å². The van der Waals surface area contributed by atoms with Gasteiger partial charge < -0.3 is 10.6 Å². The van der Waals surface area contributed by atoms with Gasteiger partial charge in [-0.25, -0.2) is 0 Å². The zero-order valence-electron chi connectivity index (χ0n) is 29.4. The largest absolute Gasteiger partial charge is 0.313 e. The monoisotopic (exact) mass is 812 g/mol. The van der Waals surface area contributed by atoms with Crippen molar-refractivity contribution in [2.45, 2.75) is 31.5 Å². The van der Waals surface area contributed by atoms with Gasteiger partial charge in [0.1, 0.15) is 0 Å². The van der Waals surface area contributed by atoms with Crippen LogP contribution in [-0.4, -0.2) is 118 Å². The quantitative estimate of drug-likeness (QED) is 0.0579. The highest BCUT2D eigenvalue weighted by molar-refractivity contribution is 7.86. The van der Waals surface area contributed by atoms with Crippen molar-refractivity contribution in [3.63, 3.8) is 0 Å². The second-order valence-corrected chi connectivity index (χ2v) is 16.6. The lowest BCUT2D eigenvalue weighted by Gasteiger charge is -2.38. The molecule has 2 heterocycles. The normalized spacial score (nSPS) is 15.8. The predicted octanol–water partition coefficient (Wildman–Crippen LogP) is 2.17. The number of hydrogen-bond acceptors (Lipinski definition) is 14. The lowest BCUT2D eigenvalue weighted by atomic mass is 9.92. The first kappa shape index (κ1) is 39.9. The molecule has 56 heavy (non-hydrogen) atoms. The first-order valence-corrected chi connectivity index (χ1v) is 19.9. The topological polar surface area (TPSA) is 294 Å². The van der Waals surface area contributed by atoms with Gasteiger partial charge in [0.05, 0.1) is 38.0 Å². The van der Waals surface area contributed by atoms with Crippen molar-refractivity contribution in [3.05, 3.63) is 103 Å². The molecule has 0 fully saturated rings. The van der Waals surface area contributed by atoms with Crippen molar-refractivity contribution in [1.82, 2.24) is 20.4 Å². The van der Waals surface area contributed by atoms with Gasteiger partial charge in [-0.1, -0.05) is 24.3 Å². The minimum Gasteiger partial charge on any atom is -0.313 e. The van der Waals surface area contributed by atoms with Crippen LogP contribution in [-0.2, 0) is 20.2 Å². The smallest absolute Gasteiger partial charge is 0.270 e. The van der Waals surface area contributed by atoms with Crippen molar-refractivity contribution in [2.75, 3.05) is 31.1 Å². The zero-order valence-corrected chi connectivity index (χ0v) is 31.0. The number of nitro groups is 2. The van der Waals surface area contributed by atoms with Crippen LogP contribution in [0, 0.1) is 20.2 Å². The fraction of sp³-hybridized carbons (Fsp3) is 0.294.